The highest BCUT2D eigenvalue weighted by molar-refractivity contribution is 6.46. The minimum Gasteiger partial charge on any atom is -0.508 e. The monoisotopic (exact) mass is 435 g/mol. The molecule has 152 valence electrons. The van der Waals surface area contributed by atoms with Gasteiger partial charge in [0.15, 0.2) is 5.75 Å². The Morgan fingerprint density at radius 2 is 1.83 bits per heavy atom. The fraction of sp³-hybridized carbons (Fsp3) is 0.238. The third-order valence-corrected chi connectivity index (χ3v) is 5.23. The quantitative estimate of drug-likeness (QED) is 0.408. The van der Waals surface area contributed by atoms with Gasteiger partial charge in [0.05, 0.1) is 28.8 Å². The molecule has 1 heterocycles. The number of likely N-dealkylation sites (tertiary alicyclic amines) is 1. The summed E-state index contributed by atoms with van der Waals surface area (Å²) >= 11 is 12.3. The van der Waals surface area contributed by atoms with Crippen molar-refractivity contribution < 1.29 is 24.5 Å². The van der Waals surface area contributed by atoms with Gasteiger partial charge >= 0.3 is 0 Å². The number of hydrogen-bond acceptors (Lipinski definition) is 5. The Morgan fingerprint density at radius 1 is 1.17 bits per heavy atom. The van der Waals surface area contributed by atoms with Crippen LogP contribution in [0.1, 0.15) is 30.5 Å². The van der Waals surface area contributed by atoms with E-state index in [9.17, 15) is 19.8 Å². The van der Waals surface area contributed by atoms with E-state index >= 15 is 0 Å². The zero-order valence-electron chi connectivity index (χ0n) is 15.8. The van der Waals surface area contributed by atoms with E-state index in [-0.39, 0.29) is 32.7 Å². The number of aliphatic hydroxyl groups excluding tert-OH is 1. The molecule has 6 nitrogen and oxygen atoms in total. The topological polar surface area (TPSA) is 87.1 Å². The van der Waals surface area contributed by atoms with Gasteiger partial charge in [0.1, 0.15) is 11.5 Å². The average Bonchev–Trinajstić information content (AvgIpc) is 2.92. The Labute approximate surface area is 177 Å². The van der Waals surface area contributed by atoms with E-state index in [1.54, 1.807) is 12.1 Å². The number of amides is 1. The summed E-state index contributed by atoms with van der Waals surface area (Å²) in [6, 6.07) is 8.21. The van der Waals surface area contributed by atoms with Crippen molar-refractivity contribution in [1.82, 2.24) is 4.90 Å². The van der Waals surface area contributed by atoms with Crippen LogP contribution in [0.3, 0.4) is 0 Å². The summed E-state index contributed by atoms with van der Waals surface area (Å²) in [6.45, 7) is 2.19. The Bertz CT molecular complexity index is 995. The molecule has 29 heavy (non-hydrogen) atoms. The van der Waals surface area contributed by atoms with E-state index in [1.165, 1.54) is 36.3 Å². The molecule has 1 saturated heterocycles. The average molecular weight is 436 g/mol. The lowest BCUT2D eigenvalue weighted by molar-refractivity contribution is -0.139. The fourth-order valence-corrected chi connectivity index (χ4v) is 4.08. The van der Waals surface area contributed by atoms with Crippen molar-refractivity contribution in [3.63, 3.8) is 0 Å². The number of methoxy groups -OCH3 is 1. The predicted molar refractivity (Wildman–Crippen MR) is 110 cm³/mol. The first-order valence-corrected chi connectivity index (χ1v) is 9.66. The molecule has 3 rings (SSSR count). The molecular formula is C21H19Cl2NO5. The summed E-state index contributed by atoms with van der Waals surface area (Å²) in [6.07, 6.45) is 0.614. The lowest BCUT2D eigenvalue weighted by atomic mass is 9.95. The van der Waals surface area contributed by atoms with E-state index in [2.05, 4.69) is 0 Å². The summed E-state index contributed by atoms with van der Waals surface area (Å²) in [5.74, 6) is -1.71. The minimum atomic E-state index is -0.846. The SMILES string of the molecule is CCCN1C(=O)C(=O)/C(=C(/O)c2cc(Cl)c(OC)c(Cl)c2)C1c1cccc(O)c1. The van der Waals surface area contributed by atoms with Crippen LogP contribution in [0.25, 0.3) is 5.76 Å². The molecule has 0 saturated carbocycles. The number of carbonyl (C=O) groups is 2. The smallest absolute Gasteiger partial charge is 0.295 e. The zero-order chi connectivity index (χ0) is 21.3. The molecule has 0 aliphatic carbocycles. The molecule has 2 N–H and O–H groups in total. The first kappa shape index (κ1) is 21.0. The molecule has 0 bridgehead atoms. The van der Waals surface area contributed by atoms with E-state index in [4.69, 9.17) is 27.9 Å². The van der Waals surface area contributed by atoms with Gasteiger partial charge in [-0.2, -0.15) is 0 Å². The maximum Gasteiger partial charge on any atom is 0.295 e. The first-order chi connectivity index (χ1) is 13.8. The summed E-state index contributed by atoms with van der Waals surface area (Å²) in [5.41, 5.74) is 0.594. The van der Waals surface area contributed by atoms with Crippen LogP contribution < -0.4 is 4.74 Å². The summed E-state index contributed by atoms with van der Waals surface area (Å²) in [5, 5.41) is 21.1. The van der Waals surface area contributed by atoms with Gasteiger partial charge in [0.2, 0.25) is 0 Å². The molecule has 0 aromatic heterocycles. The molecule has 1 aliphatic rings. The van der Waals surface area contributed by atoms with E-state index < -0.39 is 23.5 Å². The predicted octanol–water partition coefficient (Wildman–Crippen LogP) is 4.54. The number of ketones is 1. The Morgan fingerprint density at radius 3 is 2.38 bits per heavy atom. The zero-order valence-corrected chi connectivity index (χ0v) is 17.3. The van der Waals surface area contributed by atoms with E-state index in [1.807, 2.05) is 6.92 Å². The van der Waals surface area contributed by atoms with Gasteiger partial charge in [-0.25, -0.2) is 0 Å². The Balaban J connectivity index is 2.23. The maximum atomic E-state index is 12.8. The second-order valence-electron chi connectivity index (χ2n) is 6.56. The second kappa shape index (κ2) is 8.35. The van der Waals surface area contributed by atoms with Crippen LogP contribution >= 0.6 is 23.2 Å². The lowest BCUT2D eigenvalue weighted by Gasteiger charge is -2.25. The van der Waals surface area contributed by atoms with Crippen LogP contribution in [-0.4, -0.2) is 40.5 Å². The van der Waals surface area contributed by atoms with Crippen molar-refractivity contribution in [2.45, 2.75) is 19.4 Å². The van der Waals surface area contributed by atoms with Crippen LogP contribution in [0.4, 0.5) is 0 Å². The van der Waals surface area contributed by atoms with Crippen molar-refractivity contribution in [3.8, 4) is 11.5 Å². The van der Waals surface area contributed by atoms with E-state index in [0.717, 1.165) is 0 Å². The second-order valence-corrected chi connectivity index (χ2v) is 7.38. The molecule has 0 spiro atoms. The third kappa shape index (κ3) is 3.78. The van der Waals surface area contributed by atoms with Crippen molar-refractivity contribution in [2.24, 2.45) is 0 Å². The maximum absolute atomic E-state index is 12.8. The standard InChI is InChI=1S/C21H19Cl2NO5/c1-3-7-24-17(11-5-4-6-13(25)8-11)16(19(27)21(24)28)18(26)12-9-14(22)20(29-2)15(23)10-12/h4-6,8-10,17,25-26H,3,7H2,1-2H3/b18-16+. The fourth-order valence-electron chi connectivity index (χ4n) is 3.44. The van der Waals surface area contributed by atoms with Crippen LogP contribution in [0.2, 0.25) is 10.0 Å². The molecule has 0 radical (unpaired) electrons. The molecule has 8 heteroatoms. The molecule has 2 aromatic carbocycles. The number of Topliss-reactive ketones (excluding diaryl/α,β-unsaturated/α-hetero) is 1. The molecule has 1 atom stereocenters. The molecule has 2 aromatic rings. The lowest BCUT2D eigenvalue weighted by Crippen LogP contribution is -2.30. The van der Waals surface area contributed by atoms with Crippen molar-refractivity contribution in [1.29, 1.82) is 0 Å². The number of phenols is 1. The number of halogens is 2. The highest BCUT2D eigenvalue weighted by Gasteiger charge is 2.45. The molecular weight excluding hydrogens is 417 g/mol. The molecule has 1 fully saturated rings. The van der Waals surface area contributed by atoms with Gasteiger partial charge in [-0.15, -0.1) is 0 Å². The van der Waals surface area contributed by atoms with Crippen LogP contribution in [0.15, 0.2) is 42.0 Å². The van der Waals surface area contributed by atoms with Gasteiger partial charge in [0.25, 0.3) is 11.7 Å². The minimum absolute atomic E-state index is 0.0138. The number of phenolic OH excluding ortho intramolecular Hbond substituents is 1. The van der Waals surface area contributed by atoms with Crippen LogP contribution in [0, 0.1) is 0 Å². The van der Waals surface area contributed by atoms with Crippen LogP contribution in [-0.2, 0) is 9.59 Å². The Kier molecular flexibility index (Phi) is 6.05. The van der Waals surface area contributed by atoms with Gasteiger partial charge in [-0.05, 0) is 36.2 Å². The van der Waals surface area contributed by atoms with Gasteiger partial charge in [0, 0.05) is 12.1 Å². The summed E-state index contributed by atoms with van der Waals surface area (Å²) in [7, 11) is 1.41. The van der Waals surface area contributed by atoms with Crippen molar-refractivity contribution in [3.05, 3.63) is 63.1 Å². The number of aliphatic hydroxyl groups is 1. The normalized spacial score (nSPS) is 18.3. The summed E-state index contributed by atoms with van der Waals surface area (Å²) in [4.78, 5) is 26.8. The molecule has 1 amide bonds. The van der Waals surface area contributed by atoms with Crippen molar-refractivity contribution >= 4 is 40.7 Å². The van der Waals surface area contributed by atoms with Crippen molar-refractivity contribution in [2.75, 3.05) is 13.7 Å². The number of hydrogen-bond donors (Lipinski definition) is 2. The number of rotatable bonds is 5. The number of ether oxygens (including phenoxy) is 1. The number of carbonyl (C=O) groups excluding carboxylic acids is 2. The van der Waals surface area contributed by atoms with E-state index in [0.29, 0.717) is 18.5 Å². The highest BCUT2D eigenvalue weighted by atomic mass is 35.5. The number of aromatic hydroxyl groups is 1. The first-order valence-electron chi connectivity index (χ1n) is 8.90. The number of benzene rings is 2. The summed E-state index contributed by atoms with van der Waals surface area (Å²) < 4.78 is 5.11. The number of nitrogens with zero attached hydrogens (tertiary/aromatic N) is 1. The third-order valence-electron chi connectivity index (χ3n) is 4.67. The largest absolute Gasteiger partial charge is 0.508 e. The van der Waals surface area contributed by atoms with Gasteiger partial charge in [-0.1, -0.05) is 42.3 Å². The van der Waals surface area contributed by atoms with Crippen LogP contribution in [0.5, 0.6) is 11.5 Å². The highest BCUT2D eigenvalue weighted by Crippen LogP contribution is 2.42. The Hall–Kier alpha value is -2.70. The van der Waals surface area contributed by atoms with Gasteiger partial charge < -0.3 is 19.8 Å². The molecule has 1 aliphatic heterocycles. The van der Waals surface area contributed by atoms with Gasteiger partial charge in [-0.3, -0.25) is 9.59 Å². The molecule has 1 unspecified atom stereocenters.